The third-order valence-corrected chi connectivity index (χ3v) is 11.6. The molecule has 1 amide bonds. The lowest BCUT2D eigenvalue weighted by Crippen LogP contribution is -2.61. The average Bonchev–Trinajstić information content (AvgIpc) is 3.01. The van der Waals surface area contributed by atoms with E-state index in [0.717, 1.165) is 64.5 Å². The fourth-order valence-corrected chi connectivity index (χ4v) is 8.25. The van der Waals surface area contributed by atoms with Gasteiger partial charge in [-0.15, -0.1) is 0 Å². The molecule has 1 N–H and O–H groups in total. The van der Waals surface area contributed by atoms with Crippen LogP contribution >= 0.6 is 0 Å². The number of nitrogens with zero attached hydrogens (tertiary/aromatic N) is 5. The number of likely N-dealkylation sites (tertiary alicyclic amines) is 1. The van der Waals surface area contributed by atoms with Gasteiger partial charge in [-0.25, -0.2) is 36.3 Å². The first kappa shape index (κ1) is 34.8. The molecule has 1 aliphatic carbocycles. The predicted molar refractivity (Wildman–Crippen MR) is 173 cm³/mol. The largest absolute Gasteiger partial charge is 0.451 e. The lowest BCUT2D eigenvalue weighted by molar-refractivity contribution is -0.120. The van der Waals surface area contributed by atoms with E-state index in [-0.39, 0.29) is 40.7 Å². The standard InChI is InChI=1S/C33H45F3N6O5S/c1-4-48(44,45)39-24-6-7-26(46-18-24)17-40-11-9-32(10-12-40)19-41(20-32)30-29(16-37-21-38-30)47-28-8-5-23(34)13-27(28)31(43)42(22(2)3)25-14-33(35,36)15-25/h5,8,13,16,21-22,24-26,39H,4,6-7,9-12,14-15,17-20H2,1-3H3/t24-,26+/m1/s1. The number of hydrogen-bond acceptors (Lipinski definition) is 9. The first-order chi connectivity index (χ1) is 22.8. The van der Waals surface area contributed by atoms with E-state index in [1.54, 1.807) is 20.8 Å². The second kappa shape index (κ2) is 13.7. The Bertz CT molecular complexity index is 1570. The van der Waals surface area contributed by atoms with Crippen molar-refractivity contribution in [2.45, 2.75) is 89.4 Å². The summed E-state index contributed by atoms with van der Waals surface area (Å²) in [7, 11) is -3.25. The van der Waals surface area contributed by atoms with Crippen molar-refractivity contribution in [1.29, 1.82) is 0 Å². The number of ether oxygens (including phenoxy) is 2. The molecule has 1 saturated carbocycles. The van der Waals surface area contributed by atoms with E-state index >= 15 is 0 Å². The molecule has 48 heavy (non-hydrogen) atoms. The van der Waals surface area contributed by atoms with Gasteiger partial charge in [-0.3, -0.25) is 4.79 Å². The Morgan fingerprint density at radius 2 is 1.90 bits per heavy atom. The van der Waals surface area contributed by atoms with Crippen LogP contribution in [0, 0.1) is 11.2 Å². The number of carbonyl (C=O) groups is 1. The summed E-state index contributed by atoms with van der Waals surface area (Å²) in [6.45, 7) is 9.78. The van der Waals surface area contributed by atoms with Crippen LogP contribution in [0.2, 0.25) is 0 Å². The minimum absolute atomic E-state index is 0.0408. The minimum atomic E-state index is -3.25. The highest BCUT2D eigenvalue weighted by atomic mass is 32.2. The van der Waals surface area contributed by atoms with Crippen LogP contribution in [-0.2, 0) is 14.8 Å². The van der Waals surface area contributed by atoms with Crippen molar-refractivity contribution in [3.05, 3.63) is 42.1 Å². The van der Waals surface area contributed by atoms with Gasteiger partial charge >= 0.3 is 0 Å². The molecule has 1 spiro atoms. The summed E-state index contributed by atoms with van der Waals surface area (Å²) in [6.07, 6.45) is 5.80. The smallest absolute Gasteiger partial charge is 0.258 e. The van der Waals surface area contributed by atoms with Crippen LogP contribution in [0.1, 0.15) is 69.7 Å². The molecule has 4 aliphatic rings. The SMILES string of the molecule is CCS(=O)(=O)N[C@@H]1CC[C@@H](CN2CCC3(CC2)CN(c2ncncc2Oc2ccc(F)cc2C(=O)N(C(C)C)C2CC(F)(F)C2)C3)OC1. The minimum Gasteiger partial charge on any atom is -0.451 e. The molecule has 1 aromatic heterocycles. The van der Waals surface area contributed by atoms with Gasteiger partial charge in [0.1, 0.15) is 17.9 Å². The van der Waals surface area contributed by atoms with Crippen molar-refractivity contribution in [3.63, 3.8) is 0 Å². The molecule has 11 nitrogen and oxygen atoms in total. The molecule has 3 saturated heterocycles. The first-order valence-corrected chi connectivity index (χ1v) is 18.5. The number of carbonyl (C=O) groups excluding carboxylic acids is 1. The number of halogens is 3. The van der Waals surface area contributed by atoms with Gasteiger partial charge in [-0.2, -0.15) is 0 Å². The van der Waals surface area contributed by atoms with E-state index in [1.807, 2.05) is 0 Å². The number of hydrogen-bond donors (Lipinski definition) is 1. The van der Waals surface area contributed by atoms with Gasteiger partial charge in [0, 0.05) is 56.0 Å². The van der Waals surface area contributed by atoms with Crippen molar-refractivity contribution in [1.82, 2.24) is 24.5 Å². The molecule has 0 radical (unpaired) electrons. The maximum atomic E-state index is 14.4. The quantitative estimate of drug-likeness (QED) is 0.364. The Balaban J connectivity index is 1.05. The Morgan fingerprint density at radius 1 is 1.17 bits per heavy atom. The summed E-state index contributed by atoms with van der Waals surface area (Å²) >= 11 is 0. The Hall–Kier alpha value is -3.01. The van der Waals surface area contributed by atoms with Gasteiger partial charge in [0.25, 0.3) is 11.8 Å². The zero-order valence-electron chi connectivity index (χ0n) is 27.7. The normalized spacial score (nSPS) is 24.3. The molecule has 0 bridgehead atoms. The Labute approximate surface area is 280 Å². The van der Waals surface area contributed by atoms with Crippen molar-refractivity contribution >= 4 is 21.7 Å². The summed E-state index contributed by atoms with van der Waals surface area (Å²) in [5.41, 5.74) is 0.0934. The zero-order chi connectivity index (χ0) is 34.3. The van der Waals surface area contributed by atoms with Gasteiger partial charge in [-0.05, 0) is 77.7 Å². The highest BCUT2D eigenvalue weighted by Gasteiger charge is 2.50. The van der Waals surface area contributed by atoms with Gasteiger partial charge < -0.3 is 24.2 Å². The van der Waals surface area contributed by atoms with E-state index < -0.39 is 46.6 Å². The number of nitrogens with one attached hydrogen (secondary N) is 1. The van der Waals surface area contributed by atoms with Crippen LogP contribution < -0.4 is 14.4 Å². The lowest BCUT2D eigenvalue weighted by Gasteiger charge is -2.54. The summed E-state index contributed by atoms with van der Waals surface area (Å²) in [5, 5.41) is 0. The summed E-state index contributed by atoms with van der Waals surface area (Å²) in [4.78, 5) is 28.2. The third kappa shape index (κ3) is 7.74. The number of rotatable bonds is 11. The number of piperidine rings is 1. The molecule has 1 aromatic carbocycles. The van der Waals surface area contributed by atoms with Gasteiger partial charge in [0.2, 0.25) is 10.0 Å². The fraction of sp³-hybridized carbons (Fsp3) is 0.667. The molecule has 264 valence electrons. The second-order valence-electron chi connectivity index (χ2n) is 14.1. The maximum Gasteiger partial charge on any atom is 0.258 e. The molecule has 2 atom stereocenters. The molecular weight excluding hydrogens is 649 g/mol. The van der Waals surface area contributed by atoms with Crippen LogP contribution in [0.15, 0.2) is 30.7 Å². The number of anilines is 1. The maximum absolute atomic E-state index is 14.4. The molecule has 2 aromatic rings. The lowest BCUT2D eigenvalue weighted by atomic mass is 9.72. The fourth-order valence-electron chi connectivity index (χ4n) is 7.39. The number of alkyl halides is 2. The monoisotopic (exact) mass is 694 g/mol. The van der Waals surface area contributed by atoms with E-state index in [9.17, 15) is 26.4 Å². The second-order valence-corrected chi connectivity index (χ2v) is 16.1. The molecule has 4 heterocycles. The van der Waals surface area contributed by atoms with Crippen LogP contribution in [-0.4, -0.2) is 109 Å². The molecule has 6 rings (SSSR count). The van der Waals surface area contributed by atoms with E-state index in [0.29, 0.717) is 18.2 Å². The van der Waals surface area contributed by atoms with Gasteiger partial charge in [-0.1, -0.05) is 0 Å². The number of benzene rings is 1. The average molecular weight is 695 g/mol. The summed E-state index contributed by atoms with van der Waals surface area (Å²) in [6, 6.07) is 2.49. The highest BCUT2D eigenvalue weighted by Crippen LogP contribution is 2.46. The Kier molecular flexibility index (Phi) is 9.95. The highest BCUT2D eigenvalue weighted by molar-refractivity contribution is 7.89. The van der Waals surface area contributed by atoms with Crippen molar-refractivity contribution < 1.29 is 35.9 Å². The molecular formula is C33H45F3N6O5S. The number of amides is 1. The Morgan fingerprint density at radius 3 is 2.52 bits per heavy atom. The van der Waals surface area contributed by atoms with Crippen LogP contribution in [0.5, 0.6) is 11.5 Å². The topological polar surface area (TPSA) is 117 Å². The van der Waals surface area contributed by atoms with Gasteiger partial charge in [0.15, 0.2) is 11.6 Å². The predicted octanol–water partition coefficient (Wildman–Crippen LogP) is 4.45. The molecule has 4 fully saturated rings. The van der Waals surface area contributed by atoms with Crippen LogP contribution in [0.3, 0.4) is 0 Å². The van der Waals surface area contributed by atoms with E-state index in [4.69, 9.17) is 9.47 Å². The van der Waals surface area contributed by atoms with E-state index in [1.165, 1.54) is 29.6 Å². The van der Waals surface area contributed by atoms with Crippen molar-refractivity contribution in [2.75, 3.05) is 50.0 Å². The van der Waals surface area contributed by atoms with Crippen LogP contribution in [0.25, 0.3) is 0 Å². The number of aromatic nitrogens is 2. The first-order valence-electron chi connectivity index (χ1n) is 16.8. The molecule has 0 unspecified atom stereocenters. The van der Waals surface area contributed by atoms with Crippen molar-refractivity contribution in [2.24, 2.45) is 5.41 Å². The summed E-state index contributed by atoms with van der Waals surface area (Å²) in [5.74, 6) is -2.94. The molecule has 3 aliphatic heterocycles. The van der Waals surface area contributed by atoms with Gasteiger partial charge in [0.05, 0.1) is 30.2 Å². The summed E-state index contributed by atoms with van der Waals surface area (Å²) < 4.78 is 80.5. The third-order valence-electron chi connectivity index (χ3n) is 10.1. The van der Waals surface area contributed by atoms with E-state index in [2.05, 4.69) is 24.5 Å². The van der Waals surface area contributed by atoms with Crippen molar-refractivity contribution in [3.8, 4) is 11.5 Å². The number of sulfonamides is 1. The van der Waals surface area contributed by atoms with Crippen LogP contribution in [0.4, 0.5) is 19.0 Å². The molecule has 15 heteroatoms. The zero-order valence-corrected chi connectivity index (χ0v) is 28.5.